The normalized spacial score (nSPS) is 19.6. The monoisotopic (exact) mass is 221 g/mol. The summed E-state index contributed by atoms with van der Waals surface area (Å²) in [5.74, 6) is 1.37. The third kappa shape index (κ3) is 2.54. The third-order valence-electron chi connectivity index (χ3n) is 2.71. The molecule has 0 fully saturated rings. The lowest BCUT2D eigenvalue weighted by atomic mass is 9.98. The summed E-state index contributed by atoms with van der Waals surface area (Å²) in [6.45, 7) is 6.42. The molecule has 0 radical (unpaired) electrons. The molecule has 0 saturated heterocycles. The predicted molar refractivity (Wildman–Crippen MR) is 63.4 cm³/mol. The van der Waals surface area contributed by atoms with Crippen molar-refractivity contribution < 1.29 is 9.84 Å². The van der Waals surface area contributed by atoms with E-state index in [9.17, 15) is 5.11 Å². The van der Waals surface area contributed by atoms with Crippen molar-refractivity contribution in [1.29, 1.82) is 0 Å². The van der Waals surface area contributed by atoms with Gasteiger partial charge in [0.05, 0.1) is 12.7 Å². The van der Waals surface area contributed by atoms with Gasteiger partial charge in [-0.05, 0) is 29.2 Å². The number of nitrogens with one attached hydrogen (secondary N) is 1. The van der Waals surface area contributed by atoms with Crippen LogP contribution in [0.4, 0.5) is 0 Å². The fourth-order valence-electron chi connectivity index (χ4n) is 1.85. The second-order valence-corrected chi connectivity index (χ2v) is 4.71. The van der Waals surface area contributed by atoms with E-state index in [4.69, 9.17) is 4.74 Å². The van der Waals surface area contributed by atoms with E-state index in [1.165, 1.54) is 0 Å². The first-order valence-electron chi connectivity index (χ1n) is 5.81. The average molecular weight is 221 g/mol. The second kappa shape index (κ2) is 4.85. The van der Waals surface area contributed by atoms with Crippen LogP contribution in [0.25, 0.3) is 0 Å². The van der Waals surface area contributed by atoms with E-state index < -0.39 is 6.10 Å². The highest BCUT2D eigenvalue weighted by atomic mass is 16.5. The number of aliphatic hydroxyl groups excluding tert-OH is 1. The quantitative estimate of drug-likeness (QED) is 0.818. The molecule has 16 heavy (non-hydrogen) atoms. The lowest BCUT2D eigenvalue weighted by Crippen LogP contribution is -2.27. The number of ether oxygens (including phenoxy) is 1. The van der Waals surface area contributed by atoms with Crippen molar-refractivity contribution in [2.24, 2.45) is 5.92 Å². The lowest BCUT2D eigenvalue weighted by molar-refractivity contribution is 0.164. The van der Waals surface area contributed by atoms with Crippen molar-refractivity contribution in [2.45, 2.75) is 26.5 Å². The number of fused-ring (bicyclic) bond motifs is 1. The van der Waals surface area contributed by atoms with Gasteiger partial charge in [0, 0.05) is 13.1 Å². The molecule has 1 unspecified atom stereocenters. The van der Waals surface area contributed by atoms with E-state index in [1.807, 2.05) is 18.2 Å². The van der Waals surface area contributed by atoms with Gasteiger partial charge in [0.2, 0.25) is 0 Å². The minimum Gasteiger partial charge on any atom is -0.493 e. The van der Waals surface area contributed by atoms with Crippen molar-refractivity contribution in [3.05, 3.63) is 29.3 Å². The number of hydrogen-bond donors (Lipinski definition) is 2. The largest absolute Gasteiger partial charge is 0.493 e. The van der Waals surface area contributed by atoms with Gasteiger partial charge < -0.3 is 15.2 Å². The number of benzene rings is 1. The first kappa shape index (κ1) is 11.4. The maximum atomic E-state index is 9.85. The molecule has 88 valence electrons. The van der Waals surface area contributed by atoms with Gasteiger partial charge >= 0.3 is 0 Å². The SMILES string of the molecule is CC(C)COc1ccc2c(c1)C(O)CNC2. The minimum absolute atomic E-state index is 0.411. The van der Waals surface area contributed by atoms with Crippen LogP contribution in [0.15, 0.2) is 18.2 Å². The van der Waals surface area contributed by atoms with Crippen molar-refractivity contribution in [3.8, 4) is 5.75 Å². The van der Waals surface area contributed by atoms with Crippen LogP contribution in [0.5, 0.6) is 5.75 Å². The zero-order valence-electron chi connectivity index (χ0n) is 9.86. The first-order chi connectivity index (χ1) is 7.66. The highest BCUT2D eigenvalue weighted by molar-refractivity contribution is 5.38. The van der Waals surface area contributed by atoms with Gasteiger partial charge in [0.25, 0.3) is 0 Å². The Kier molecular flexibility index (Phi) is 3.46. The van der Waals surface area contributed by atoms with Crippen molar-refractivity contribution in [2.75, 3.05) is 13.2 Å². The maximum Gasteiger partial charge on any atom is 0.119 e. The third-order valence-corrected chi connectivity index (χ3v) is 2.71. The van der Waals surface area contributed by atoms with Gasteiger partial charge in [-0.15, -0.1) is 0 Å². The van der Waals surface area contributed by atoms with Crippen LogP contribution in [0, 0.1) is 5.92 Å². The highest BCUT2D eigenvalue weighted by Gasteiger charge is 2.17. The zero-order chi connectivity index (χ0) is 11.5. The van der Waals surface area contributed by atoms with Gasteiger partial charge in [-0.2, -0.15) is 0 Å². The summed E-state index contributed by atoms with van der Waals surface area (Å²) in [7, 11) is 0. The molecule has 0 aromatic heterocycles. The Labute approximate surface area is 96.4 Å². The number of β-amino-alcohol motifs (C(OH)–C–C–N with tert-alkyl or cyclic N) is 1. The molecular formula is C13H19NO2. The Balaban J connectivity index is 2.14. The Bertz CT molecular complexity index is 363. The maximum absolute atomic E-state index is 9.85. The summed E-state index contributed by atoms with van der Waals surface area (Å²) in [5.41, 5.74) is 2.16. The standard InChI is InChI=1S/C13H19NO2/c1-9(2)8-16-11-4-3-10-6-14-7-13(15)12(10)5-11/h3-5,9,13-15H,6-8H2,1-2H3. The van der Waals surface area contributed by atoms with E-state index in [-0.39, 0.29) is 0 Å². The van der Waals surface area contributed by atoms with Crippen LogP contribution in [-0.2, 0) is 6.54 Å². The number of aliphatic hydroxyl groups is 1. The van der Waals surface area contributed by atoms with Crippen LogP contribution in [-0.4, -0.2) is 18.3 Å². The molecule has 0 spiro atoms. The molecule has 0 amide bonds. The molecule has 1 heterocycles. The summed E-state index contributed by atoms with van der Waals surface area (Å²) in [5, 5.41) is 13.0. The Morgan fingerprint density at radius 2 is 2.31 bits per heavy atom. The van der Waals surface area contributed by atoms with Crippen LogP contribution in [0.1, 0.15) is 31.1 Å². The van der Waals surface area contributed by atoms with E-state index in [0.29, 0.717) is 19.1 Å². The van der Waals surface area contributed by atoms with Crippen molar-refractivity contribution in [1.82, 2.24) is 5.32 Å². The molecule has 3 nitrogen and oxygen atoms in total. The fourth-order valence-corrected chi connectivity index (χ4v) is 1.85. The van der Waals surface area contributed by atoms with E-state index in [1.54, 1.807) is 0 Å². The Hall–Kier alpha value is -1.06. The van der Waals surface area contributed by atoms with Gasteiger partial charge in [-0.3, -0.25) is 0 Å². The molecule has 1 aromatic carbocycles. The molecule has 0 saturated carbocycles. The number of hydrogen-bond acceptors (Lipinski definition) is 3. The summed E-state index contributed by atoms with van der Waals surface area (Å²) in [6.07, 6.45) is -0.411. The first-order valence-corrected chi connectivity index (χ1v) is 5.81. The van der Waals surface area contributed by atoms with Crippen LogP contribution in [0.3, 0.4) is 0 Å². The smallest absolute Gasteiger partial charge is 0.119 e. The summed E-state index contributed by atoms with van der Waals surface area (Å²) in [6, 6.07) is 5.96. The molecule has 0 aliphatic carbocycles. The Morgan fingerprint density at radius 3 is 3.06 bits per heavy atom. The summed E-state index contributed by atoms with van der Waals surface area (Å²) >= 11 is 0. The van der Waals surface area contributed by atoms with Gasteiger partial charge in [0.1, 0.15) is 5.75 Å². The molecule has 2 rings (SSSR count). The molecule has 1 aliphatic heterocycles. The van der Waals surface area contributed by atoms with Gasteiger partial charge in [-0.1, -0.05) is 19.9 Å². The second-order valence-electron chi connectivity index (χ2n) is 4.71. The van der Waals surface area contributed by atoms with Gasteiger partial charge in [-0.25, -0.2) is 0 Å². The molecule has 1 aromatic rings. The predicted octanol–water partition coefficient (Wildman–Crippen LogP) is 1.86. The number of rotatable bonds is 3. The Morgan fingerprint density at radius 1 is 1.50 bits per heavy atom. The van der Waals surface area contributed by atoms with Crippen LogP contribution in [0.2, 0.25) is 0 Å². The highest BCUT2D eigenvalue weighted by Crippen LogP contribution is 2.26. The topological polar surface area (TPSA) is 41.5 Å². The van der Waals surface area contributed by atoms with Crippen molar-refractivity contribution in [3.63, 3.8) is 0 Å². The molecule has 3 heteroatoms. The molecule has 1 atom stereocenters. The fraction of sp³-hybridized carbons (Fsp3) is 0.538. The minimum atomic E-state index is -0.411. The molecule has 2 N–H and O–H groups in total. The van der Waals surface area contributed by atoms with E-state index in [2.05, 4.69) is 19.2 Å². The van der Waals surface area contributed by atoms with Gasteiger partial charge in [0.15, 0.2) is 0 Å². The molecular weight excluding hydrogens is 202 g/mol. The average Bonchev–Trinajstić information content (AvgIpc) is 2.27. The molecule has 1 aliphatic rings. The lowest BCUT2D eigenvalue weighted by Gasteiger charge is -2.23. The van der Waals surface area contributed by atoms with Crippen LogP contribution >= 0.6 is 0 Å². The van der Waals surface area contributed by atoms with E-state index >= 15 is 0 Å². The van der Waals surface area contributed by atoms with E-state index in [0.717, 1.165) is 23.4 Å². The summed E-state index contributed by atoms with van der Waals surface area (Å²) < 4.78 is 5.65. The molecule has 0 bridgehead atoms. The zero-order valence-corrected chi connectivity index (χ0v) is 9.86. The summed E-state index contributed by atoms with van der Waals surface area (Å²) in [4.78, 5) is 0. The van der Waals surface area contributed by atoms with Crippen molar-refractivity contribution >= 4 is 0 Å². The van der Waals surface area contributed by atoms with Crippen LogP contribution < -0.4 is 10.1 Å².